The van der Waals surface area contributed by atoms with E-state index in [1.54, 1.807) is 19.2 Å². The van der Waals surface area contributed by atoms with Gasteiger partial charge in [-0.3, -0.25) is 9.80 Å². The molecule has 0 unspecified atom stereocenters. The SMILES string of the molecule is COc1ccccc1CN1C[C@@H]2OC(=O)N(CCc3ccc(F)cc3)[C@@H]2C1. The summed E-state index contributed by atoms with van der Waals surface area (Å²) in [6, 6.07) is 14.5. The Morgan fingerprint density at radius 2 is 1.93 bits per heavy atom. The van der Waals surface area contributed by atoms with E-state index in [-0.39, 0.29) is 24.1 Å². The number of carbonyl (C=O) groups excluding carboxylic acids is 1. The van der Waals surface area contributed by atoms with Crippen LogP contribution in [0.4, 0.5) is 9.18 Å². The Morgan fingerprint density at radius 3 is 2.70 bits per heavy atom. The molecule has 0 aliphatic carbocycles. The van der Waals surface area contributed by atoms with Gasteiger partial charge in [0.25, 0.3) is 0 Å². The second-order valence-corrected chi connectivity index (χ2v) is 7.07. The highest BCUT2D eigenvalue weighted by atomic mass is 19.1. The molecule has 2 aromatic rings. The number of nitrogens with zero attached hydrogens (tertiary/aromatic N) is 2. The number of para-hydroxylation sites is 1. The number of carbonyl (C=O) groups is 1. The van der Waals surface area contributed by atoms with E-state index < -0.39 is 0 Å². The van der Waals surface area contributed by atoms with Gasteiger partial charge in [0.05, 0.1) is 13.2 Å². The molecule has 2 atom stereocenters. The first-order valence-electron chi connectivity index (χ1n) is 9.20. The second kappa shape index (κ2) is 7.56. The molecular weight excluding hydrogens is 347 g/mol. The monoisotopic (exact) mass is 370 g/mol. The first-order valence-corrected chi connectivity index (χ1v) is 9.20. The topological polar surface area (TPSA) is 42.0 Å². The Balaban J connectivity index is 1.38. The standard InChI is InChI=1S/C21H23FN2O3/c1-26-19-5-3-2-4-16(19)12-23-13-18-20(14-23)27-21(25)24(18)11-10-15-6-8-17(22)9-7-15/h2-9,18,20H,10-14H2,1H3/t18-,20+/m1/s1. The fourth-order valence-electron chi connectivity index (χ4n) is 3.94. The normalized spacial score (nSPS) is 22.0. The molecule has 6 heteroatoms. The Labute approximate surface area is 158 Å². The van der Waals surface area contributed by atoms with E-state index in [4.69, 9.17) is 9.47 Å². The van der Waals surface area contributed by atoms with E-state index in [9.17, 15) is 9.18 Å². The van der Waals surface area contributed by atoms with Crippen LogP contribution in [0.2, 0.25) is 0 Å². The second-order valence-electron chi connectivity index (χ2n) is 7.07. The molecule has 0 aromatic heterocycles. The third-order valence-corrected chi connectivity index (χ3v) is 5.34. The molecule has 2 aliphatic heterocycles. The molecule has 142 valence electrons. The molecule has 2 aromatic carbocycles. The summed E-state index contributed by atoms with van der Waals surface area (Å²) in [7, 11) is 1.68. The average molecular weight is 370 g/mol. The van der Waals surface area contributed by atoms with E-state index in [1.165, 1.54) is 12.1 Å². The summed E-state index contributed by atoms with van der Waals surface area (Å²) >= 11 is 0. The fraction of sp³-hybridized carbons (Fsp3) is 0.381. The van der Waals surface area contributed by atoms with Crippen molar-refractivity contribution in [2.45, 2.75) is 25.1 Å². The van der Waals surface area contributed by atoms with Crippen molar-refractivity contribution in [1.29, 1.82) is 0 Å². The van der Waals surface area contributed by atoms with Crippen molar-refractivity contribution in [2.24, 2.45) is 0 Å². The molecule has 0 saturated carbocycles. The number of rotatable bonds is 6. The molecule has 0 spiro atoms. The number of halogens is 1. The lowest BCUT2D eigenvalue weighted by Gasteiger charge is -2.23. The summed E-state index contributed by atoms with van der Waals surface area (Å²) in [4.78, 5) is 16.3. The molecular formula is C21H23FN2O3. The molecule has 0 N–H and O–H groups in total. The summed E-state index contributed by atoms with van der Waals surface area (Å²) in [5.74, 6) is 0.627. The smallest absolute Gasteiger partial charge is 0.410 e. The summed E-state index contributed by atoms with van der Waals surface area (Å²) in [6.45, 7) is 2.84. The zero-order chi connectivity index (χ0) is 18.8. The van der Waals surface area contributed by atoms with Crippen LogP contribution in [0, 0.1) is 5.82 Å². The average Bonchev–Trinajstić information content (AvgIpc) is 3.18. The zero-order valence-electron chi connectivity index (χ0n) is 15.3. The van der Waals surface area contributed by atoms with E-state index in [1.807, 2.05) is 23.1 Å². The quantitative estimate of drug-likeness (QED) is 0.784. The maximum Gasteiger partial charge on any atom is 0.410 e. The minimum atomic E-state index is -0.248. The minimum absolute atomic E-state index is 0.0626. The maximum absolute atomic E-state index is 13.0. The third kappa shape index (κ3) is 3.76. The van der Waals surface area contributed by atoms with Crippen LogP contribution in [0.5, 0.6) is 5.75 Å². The highest BCUT2D eigenvalue weighted by Crippen LogP contribution is 2.29. The fourth-order valence-corrected chi connectivity index (χ4v) is 3.94. The Bertz CT molecular complexity index is 811. The van der Waals surface area contributed by atoms with Gasteiger partial charge < -0.3 is 9.47 Å². The number of benzene rings is 2. The lowest BCUT2D eigenvalue weighted by Crippen LogP contribution is -2.39. The summed E-state index contributed by atoms with van der Waals surface area (Å²) in [5.41, 5.74) is 2.14. The largest absolute Gasteiger partial charge is 0.496 e. The lowest BCUT2D eigenvalue weighted by molar-refractivity contribution is 0.120. The van der Waals surface area contributed by atoms with Crippen molar-refractivity contribution in [3.63, 3.8) is 0 Å². The van der Waals surface area contributed by atoms with Crippen LogP contribution in [-0.4, -0.2) is 54.8 Å². The number of methoxy groups -OCH3 is 1. The van der Waals surface area contributed by atoms with Gasteiger partial charge in [0.15, 0.2) is 0 Å². The summed E-state index contributed by atoms with van der Waals surface area (Å²) in [5, 5.41) is 0. The zero-order valence-corrected chi connectivity index (χ0v) is 15.3. The molecule has 0 bridgehead atoms. The van der Waals surface area contributed by atoms with Crippen LogP contribution in [-0.2, 0) is 17.7 Å². The van der Waals surface area contributed by atoms with Gasteiger partial charge >= 0.3 is 6.09 Å². The Kier molecular flexibility index (Phi) is 4.99. The number of amides is 1. The molecule has 27 heavy (non-hydrogen) atoms. The van der Waals surface area contributed by atoms with Crippen molar-refractivity contribution >= 4 is 6.09 Å². The number of hydrogen-bond acceptors (Lipinski definition) is 4. The summed E-state index contributed by atoms with van der Waals surface area (Å²) < 4.78 is 24.1. The van der Waals surface area contributed by atoms with E-state index in [0.717, 1.165) is 36.5 Å². The predicted octanol–water partition coefficient (Wildman–Crippen LogP) is 3.08. The van der Waals surface area contributed by atoms with E-state index >= 15 is 0 Å². The van der Waals surface area contributed by atoms with Crippen LogP contribution in [0.25, 0.3) is 0 Å². The molecule has 2 heterocycles. The highest BCUT2D eigenvalue weighted by Gasteiger charge is 2.47. The van der Waals surface area contributed by atoms with Crippen LogP contribution in [0.1, 0.15) is 11.1 Å². The van der Waals surface area contributed by atoms with Gasteiger partial charge in [-0.25, -0.2) is 9.18 Å². The molecule has 2 fully saturated rings. The van der Waals surface area contributed by atoms with Gasteiger partial charge in [0.1, 0.15) is 17.7 Å². The Morgan fingerprint density at radius 1 is 1.15 bits per heavy atom. The molecule has 4 rings (SSSR count). The van der Waals surface area contributed by atoms with Crippen molar-refractivity contribution in [3.8, 4) is 5.75 Å². The van der Waals surface area contributed by atoms with Gasteiger partial charge in [-0.2, -0.15) is 0 Å². The Hall–Kier alpha value is -2.60. The molecule has 1 amide bonds. The summed E-state index contributed by atoms with van der Waals surface area (Å²) in [6.07, 6.45) is 0.343. The number of ether oxygens (including phenoxy) is 2. The van der Waals surface area contributed by atoms with Crippen LogP contribution in [0.3, 0.4) is 0 Å². The third-order valence-electron chi connectivity index (χ3n) is 5.34. The van der Waals surface area contributed by atoms with Crippen molar-refractivity contribution in [3.05, 3.63) is 65.5 Å². The highest BCUT2D eigenvalue weighted by molar-refractivity contribution is 5.71. The van der Waals surface area contributed by atoms with Crippen molar-refractivity contribution in [1.82, 2.24) is 9.80 Å². The van der Waals surface area contributed by atoms with Gasteiger partial charge in [-0.05, 0) is 30.2 Å². The van der Waals surface area contributed by atoms with Gasteiger partial charge in [-0.1, -0.05) is 30.3 Å². The van der Waals surface area contributed by atoms with Gasteiger partial charge in [-0.15, -0.1) is 0 Å². The molecule has 2 saturated heterocycles. The first kappa shape index (κ1) is 17.8. The first-order chi connectivity index (χ1) is 13.1. The van der Waals surface area contributed by atoms with Crippen LogP contribution in [0.15, 0.2) is 48.5 Å². The van der Waals surface area contributed by atoms with Gasteiger partial charge in [0.2, 0.25) is 0 Å². The van der Waals surface area contributed by atoms with Crippen LogP contribution < -0.4 is 4.74 Å². The number of hydrogen-bond donors (Lipinski definition) is 0. The molecule has 2 aliphatic rings. The number of likely N-dealkylation sites (tertiary alicyclic amines) is 1. The van der Waals surface area contributed by atoms with Gasteiger partial charge in [0, 0.05) is 31.7 Å². The maximum atomic E-state index is 13.0. The predicted molar refractivity (Wildman–Crippen MR) is 99.1 cm³/mol. The number of fused-ring (bicyclic) bond motifs is 1. The van der Waals surface area contributed by atoms with E-state index in [2.05, 4.69) is 11.0 Å². The molecule has 5 nitrogen and oxygen atoms in total. The van der Waals surface area contributed by atoms with E-state index in [0.29, 0.717) is 13.0 Å². The van der Waals surface area contributed by atoms with Crippen molar-refractivity contribution in [2.75, 3.05) is 26.7 Å². The molecule has 0 radical (unpaired) electrons. The van der Waals surface area contributed by atoms with Crippen LogP contribution >= 0.6 is 0 Å². The minimum Gasteiger partial charge on any atom is -0.496 e. The van der Waals surface area contributed by atoms with Crippen molar-refractivity contribution < 1.29 is 18.7 Å². The lowest BCUT2D eigenvalue weighted by atomic mass is 10.1.